The molecule has 0 unspecified atom stereocenters. The van der Waals surface area contributed by atoms with Gasteiger partial charge in [-0.1, -0.05) is 0 Å². The lowest BCUT2D eigenvalue weighted by atomic mass is 10.1. The van der Waals surface area contributed by atoms with Crippen molar-refractivity contribution in [3.8, 4) is 17.2 Å². The highest BCUT2D eigenvalue weighted by Crippen LogP contribution is 2.38. The number of methoxy groups -OCH3 is 3. The quantitative estimate of drug-likeness (QED) is 0.741. The maximum atomic E-state index is 12.7. The van der Waals surface area contributed by atoms with Crippen LogP contribution in [0.2, 0.25) is 0 Å². The van der Waals surface area contributed by atoms with Gasteiger partial charge in [-0.2, -0.15) is 0 Å². The van der Waals surface area contributed by atoms with E-state index in [9.17, 15) is 9.59 Å². The summed E-state index contributed by atoms with van der Waals surface area (Å²) in [7, 11) is 4.43. The van der Waals surface area contributed by atoms with Gasteiger partial charge in [0.25, 0.3) is 5.91 Å². The third kappa shape index (κ3) is 4.08. The standard InChI is InChI=1S/C18H21NO6S/c1-6-25-18(21)12-7-10(2)26-17(12)19-16(20)11-8-13(22-3)15(24-5)14(9-11)23-4/h7-9H,6H2,1-5H3,(H,19,20). The van der Waals surface area contributed by atoms with Crippen molar-refractivity contribution >= 4 is 28.2 Å². The molecule has 2 aromatic rings. The molecular weight excluding hydrogens is 358 g/mol. The monoisotopic (exact) mass is 379 g/mol. The van der Waals surface area contributed by atoms with Crippen molar-refractivity contribution in [1.82, 2.24) is 0 Å². The number of rotatable bonds is 7. The Hall–Kier alpha value is -2.74. The van der Waals surface area contributed by atoms with E-state index >= 15 is 0 Å². The maximum Gasteiger partial charge on any atom is 0.341 e. The first-order chi connectivity index (χ1) is 12.4. The number of benzene rings is 1. The first kappa shape index (κ1) is 19.6. The predicted octanol–water partition coefficient (Wildman–Crippen LogP) is 3.51. The Labute approximate surface area is 155 Å². The molecule has 0 saturated heterocycles. The Morgan fingerprint density at radius 1 is 1.04 bits per heavy atom. The summed E-state index contributed by atoms with van der Waals surface area (Å²) in [6.07, 6.45) is 0. The fourth-order valence-electron chi connectivity index (χ4n) is 2.36. The number of aryl methyl sites for hydroxylation is 1. The van der Waals surface area contributed by atoms with Gasteiger partial charge in [-0.15, -0.1) is 11.3 Å². The zero-order valence-corrected chi connectivity index (χ0v) is 16.1. The zero-order valence-electron chi connectivity index (χ0n) is 15.3. The van der Waals surface area contributed by atoms with Crippen LogP contribution in [0, 0.1) is 6.92 Å². The highest BCUT2D eigenvalue weighted by atomic mass is 32.1. The first-order valence-corrected chi connectivity index (χ1v) is 8.65. The number of carbonyl (C=O) groups excluding carboxylic acids is 2. The van der Waals surface area contributed by atoms with Gasteiger partial charge in [0, 0.05) is 10.4 Å². The summed E-state index contributed by atoms with van der Waals surface area (Å²) in [5, 5.41) is 3.18. The number of ether oxygens (including phenoxy) is 4. The molecule has 1 amide bonds. The van der Waals surface area contributed by atoms with Crippen LogP contribution in [0.15, 0.2) is 18.2 Å². The normalized spacial score (nSPS) is 10.2. The lowest BCUT2D eigenvalue weighted by Crippen LogP contribution is -2.14. The fraction of sp³-hybridized carbons (Fsp3) is 0.333. The Bertz CT molecular complexity index is 789. The topological polar surface area (TPSA) is 83.1 Å². The summed E-state index contributed by atoms with van der Waals surface area (Å²) in [6.45, 7) is 3.84. The molecule has 0 bridgehead atoms. The highest BCUT2D eigenvalue weighted by molar-refractivity contribution is 7.16. The van der Waals surface area contributed by atoms with Crippen molar-refractivity contribution in [2.24, 2.45) is 0 Å². The van der Waals surface area contributed by atoms with Crippen LogP contribution in [0.3, 0.4) is 0 Å². The molecule has 1 aromatic carbocycles. The van der Waals surface area contributed by atoms with Crippen molar-refractivity contribution in [2.45, 2.75) is 13.8 Å². The van der Waals surface area contributed by atoms with Crippen LogP contribution in [-0.4, -0.2) is 39.8 Å². The number of nitrogens with one attached hydrogen (secondary N) is 1. The molecule has 0 aliphatic rings. The average Bonchev–Trinajstić information content (AvgIpc) is 3.00. The minimum absolute atomic E-state index is 0.258. The minimum atomic E-state index is -0.475. The van der Waals surface area contributed by atoms with Crippen LogP contribution >= 0.6 is 11.3 Å². The van der Waals surface area contributed by atoms with E-state index in [4.69, 9.17) is 18.9 Å². The lowest BCUT2D eigenvalue weighted by molar-refractivity contribution is 0.0528. The van der Waals surface area contributed by atoms with Crippen LogP contribution in [0.4, 0.5) is 5.00 Å². The van der Waals surface area contributed by atoms with Crippen molar-refractivity contribution in [3.05, 3.63) is 34.2 Å². The number of hydrogen-bond donors (Lipinski definition) is 1. The van der Waals surface area contributed by atoms with Crippen molar-refractivity contribution < 1.29 is 28.5 Å². The molecule has 1 N–H and O–H groups in total. The third-order valence-corrected chi connectivity index (χ3v) is 4.47. The molecule has 0 spiro atoms. The van der Waals surface area contributed by atoms with Crippen LogP contribution in [0.25, 0.3) is 0 Å². The van der Waals surface area contributed by atoms with E-state index in [1.165, 1.54) is 32.7 Å². The molecule has 1 heterocycles. The van der Waals surface area contributed by atoms with Gasteiger partial charge in [-0.25, -0.2) is 4.79 Å². The van der Waals surface area contributed by atoms with E-state index < -0.39 is 11.9 Å². The molecule has 0 atom stereocenters. The summed E-state index contributed by atoms with van der Waals surface area (Å²) in [5.41, 5.74) is 0.635. The highest BCUT2D eigenvalue weighted by Gasteiger charge is 2.21. The molecule has 8 heteroatoms. The van der Waals surface area contributed by atoms with Gasteiger partial charge in [0.15, 0.2) is 11.5 Å². The molecule has 140 valence electrons. The van der Waals surface area contributed by atoms with Crippen LogP contribution in [0.1, 0.15) is 32.5 Å². The van der Waals surface area contributed by atoms with Gasteiger partial charge in [0.05, 0.1) is 33.5 Å². The second-order valence-corrected chi connectivity index (χ2v) is 6.44. The van der Waals surface area contributed by atoms with E-state index in [0.717, 1.165) is 4.88 Å². The van der Waals surface area contributed by atoms with Gasteiger partial charge in [0.2, 0.25) is 5.75 Å². The number of amides is 1. The average molecular weight is 379 g/mol. The van der Waals surface area contributed by atoms with E-state index in [-0.39, 0.29) is 6.61 Å². The maximum absolute atomic E-state index is 12.7. The molecule has 0 aliphatic carbocycles. The zero-order chi connectivity index (χ0) is 19.3. The van der Waals surface area contributed by atoms with Crippen molar-refractivity contribution in [2.75, 3.05) is 33.3 Å². The first-order valence-electron chi connectivity index (χ1n) is 7.84. The van der Waals surface area contributed by atoms with Crippen molar-refractivity contribution in [1.29, 1.82) is 0 Å². The Morgan fingerprint density at radius 3 is 2.15 bits per heavy atom. The van der Waals surface area contributed by atoms with Crippen molar-refractivity contribution in [3.63, 3.8) is 0 Å². The van der Waals surface area contributed by atoms with E-state index in [2.05, 4.69) is 5.32 Å². The molecule has 1 aromatic heterocycles. The van der Waals surface area contributed by atoms with Gasteiger partial charge < -0.3 is 24.3 Å². The summed E-state index contributed by atoms with van der Waals surface area (Å²) in [5.74, 6) is 0.245. The Kier molecular flexibility index (Phi) is 6.46. The molecular formula is C18H21NO6S. The minimum Gasteiger partial charge on any atom is -0.493 e. The molecule has 26 heavy (non-hydrogen) atoms. The summed E-state index contributed by atoms with van der Waals surface area (Å²) in [4.78, 5) is 25.6. The molecule has 0 radical (unpaired) electrons. The number of thiophene rings is 1. The molecule has 7 nitrogen and oxygen atoms in total. The van der Waals surface area contributed by atoms with Gasteiger partial charge in [0.1, 0.15) is 5.00 Å². The molecule has 0 saturated carbocycles. The van der Waals surface area contributed by atoms with E-state index in [1.807, 2.05) is 6.92 Å². The number of anilines is 1. The SMILES string of the molecule is CCOC(=O)c1cc(C)sc1NC(=O)c1cc(OC)c(OC)c(OC)c1. The van der Waals surface area contributed by atoms with Gasteiger partial charge in [-0.05, 0) is 32.0 Å². The van der Waals surface area contributed by atoms with E-state index in [1.54, 1.807) is 25.1 Å². The smallest absolute Gasteiger partial charge is 0.341 e. The summed E-state index contributed by atoms with van der Waals surface area (Å²) in [6, 6.07) is 4.77. The molecule has 0 aliphatic heterocycles. The molecule has 0 fully saturated rings. The van der Waals surface area contributed by atoms with E-state index in [0.29, 0.717) is 33.4 Å². The second-order valence-electron chi connectivity index (χ2n) is 5.19. The summed E-state index contributed by atoms with van der Waals surface area (Å²) < 4.78 is 20.8. The summed E-state index contributed by atoms with van der Waals surface area (Å²) >= 11 is 1.30. The largest absolute Gasteiger partial charge is 0.493 e. The second kappa shape index (κ2) is 8.57. The molecule has 2 rings (SSSR count). The number of esters is 1. The van der Waals surface area contributed by atoms with Gasteiger partial charge >= 0.3 is 5.97 Å². The third-order valence-electron chi connectivity index (χ3n) is 3.50. The van der Waals surface area contributed by atoms with Gasteiger partial charge in [-0.3, -0.25) is 4.79 Å². The number of carbonyl (C=O) groups is 2. The Morgan fingerprint density at radius 2 is 1.65 bits per heavy atom. The van der Waals surface area contributed by atoms with Crippen LogP contribution < -0.4 is 19.5 Å². The van der Waals surface area contributed by atoms with Crippen LogP contribution in [-0.2, 0) is 4.74 Å². The fourth-order valence-corrected chi connectivity index (χ4v) is 3.25. The number of hydrogen-bond acceptors (Lipinski definition) is 7. The predicted molar refractivity (Wildman–Crippen MR) is 99.1 cm³/mol. The van der Waals surface area contributed by atoms with Crippen LogP contribution in [0.5, 0.6) is 17.2 Å². The Balaban J connectivity index is 2.35. The lowest BCUT2D eigenvalue weighted by Gasteiger charge is -2.14.